The molecule has 22 heavy (non-hydrogen) atoms. The number of methoxy groups -OCH3 is 1. The normalized spacial score (nSPS) is 20.9. The third-order valence-corrected chi connectivity index (χ3v) is 6.47. The Morgan fingerprint density at radius 3 is 2.82 bits per heavy atom. The molecule has 1 aliphatic carbocycles. The van der Waals surface area contributed by atoms with E-state index in [-0.39, 0.29) is 21.4 Å². The van der Waals surface area contributed by atoms with Crippen LogP contribution in [0.25, 0.3) is 0 Å². The van der Waals surface area contributed by atoms with Crippen LogP contribution in [0.3, 0.4) is 0 Å². The number of rotatable bonds is 5. The predicted molar refractivity (Wildman–Crippen MR) is 78.7 cm³/mol. The molecule has 0 bridgehead atoms. The summed E-state index contributed by atoms with van der Waals surface area (Å²) in [5, 5.41) is 1.62. The molecule has 3 rings (SSSR count). The number of halogens is 2. The van der Waals surface area contributed by atoms with Gasteiger partial charge in [-0.2, -0.15) is 0 Å². The topological polar surface area (TPSA) is 55.4 Å². The SMILES string of the molecule is COc1ccsc1S(=O)(=O)N[C@@H]1C[C@@H]1c1cccc(F)c1F. The number of sulfonamides is 1. The molecule has 118 valence electrons. The zero-order valence-corrected chi connectivity index (χ0v) is 13.2. The first-order valence-electron chi connectivity index (χ1n) is 6.51. The fourth-order valence-electron chi connectivity index (χ4n) is 2.36. The van der Waals surface area contributed by atoms with Gasteiger partial charge in [-0.3, -0.25) is 0 Å². The van der Waals surface area contributed by atoms with Gasteiger partial charge in [-0.05, 0) is 29.5 Å². The van der Waals surface area contributed by atoms with Gasteiger partial charge in [-0.1, -0.05) is 12.1 Å². The van der Waals surface area contributed by atoms with Crippen molar-refractivity contribution in [1.29, 1.82) is 0 Å². The average Bonchev–Trinajstić information content (AvgIpc) is 3.03. The van der Waals surface area contributed by atoms with Crippen LogP contribution < -0.4 is 9.46 Å². The fourth-order valence-corrected chi connectivity index (χ4v) is 4.94. The Hall–Kier alpha value is -1.51. The molecule has 2 atom stereocenters. The molecule has 0 amide bonds. The second-order valence-corrected chi connectivity index (χ2v) is 7.81. The van der Waals surface area contributed by atoms with Gasteiger partial charge in [0.1, 0.15) is 5.75 Å². The summed E-state index contributed by atoms with van der Waals surface area (Å²) in [4.78, 5) is 0. The molecule has 8 heteroatoms. The van der Waals surface area contributed by atoms with E-state index in [0.29, 0.717) is 6.42 Å². The molecule has 1 saturated carbocycles. The van der Waals surface area contributed by atoms with E-state index in [1.165, 1.54) is 19.2 Å². The number of benzene rings is 1. The van der Waals surface area contributed by atoms with Crippen LogP contribution in [0.1, 0.15) is 17.9 Å². The molecular formula is C14H13F2NO3S2. The lowest BCUT2D eigenvalue weighted by Gasteiger charge is -2.07. The standard InChI is InChI=1S/C14H13F2NO3S2/c1-20-12-5-6-21-14(12)22(18,19)17-11-7-9(11)8-3-2-4-10(15)13(8)16/h2-6,9,11,17H,7H2,1H3/t9-,11-/m1/s1. The van der Waals surface area contributed by atoms with E-state index < -0.39 is 27.7 Å². The summed E-state index contributed by atoms with van der Waals surface area (Å²) in [6.07, 6.45) is 0.438. The van der Waals surface area contributed by atoms with Crippen LogP contribution in [0.4, 0.5) is 8.78 Å². The molecule has 1 aromatic carbocycles. The van der Waals surface area contributed by atoms with E-state index in [4.69, 9.17) is 4.74 Å². The molecule has 1 fully saturated rings. The molecule has 0 spiro atoms. The quantitative estimate of drug-likeness (QED) is 0.907. The van der Waals surface area contributed by atoms with Gasteiger partial charge in [-0.15, -0.1) is 11.3 Å². The minimum Gasteiger partial charge on any atom is -0.494 e. The van der Waals surface area contributed by atoms with Crippen LogP contribution in [0.15, 0.2) is 33.9 Å². The van der Waals surface area contributed by atoms with Gasteiger partial charge in [0.2, 0.25) is 0 Å². The van der Waals surface area contributed by atoms with Crippen LogP contribution in [0, 0.1) is 11.6 Å². The van der Waals surface area contributed by atoms with Crippen LogP contribution in [0.2, 0.25) is 0 Å². The molecular weight excluding hydrogens is 332 g/mol. The predicted octanol–water partition coefficient (Wildman–Crippen LogP) is 2.87. The van der Waals surface area contributed by atoms with Crippen LogP contribution in [-0.2, 0) is 10.0 Å². The first-order valence-corrected chi connectivity index (χ1v) is 8.88. The van der Waals surface area contributed by atoms with Crippen molar-refractivity contribution < 1.29 is 21.9 Å². The first kappa shape index (κ1) is 15.4. The van der Waals surface area contributed by atoms with Crippen molar-refractivity contribution in [3.63, 3.8) is 0 Å². The van der Waals surface area contributed by atoms with E-state index in [1.807, 2.05) is 0 Å². The average molecular weight is 345 g/mol. The van der Waals surface area contributed by atoms with Crippen LogP contribution in [-0.4, -0.2) is 21.6 Å². The lowest BCUT2D eigenvalue weighted by atomic mass is 10.1. The molecule has 2 aromatic rings. The monoisotopic (exact) mass is 345 g/mol. The smallest absolute Gasteiger partial charge is 0.254 e. The number of hydrogen-bond acceptors (Lipinski definition) is 4. The zero-order chi connectivity index (χ0) is 15.9. The van der Waals surface area contributed by atoms with Gasteiger partial charge in [-0.25, -0.2) is 21.9 Å². The zero-order valence-electron chi connectivity index (χ0n) is 11.5. The van der Waals surface area contributed by atoms with Crippen molar-refractivity contribution >= 4 is 21.4 Å². The van der Waals surface area contributed by atoms with Crippen LogP contribution >= 0.6 is 11.3 Å². The highest BCUT2D eigenvalue weighted by atomic mass is 32.2. The summed E-state index contributed by atoms with van der Waals surface area (Å²) in [6.45, 7) is 0. The van der Waals surface area contributed by atoms with Gasteiger partial charge in [0, 0.05) is 12.0 Å². The van der Waals surface area contributed by atoms with E-state index >= 15 is 0 Å². The second kappa shape index (κ2) is 5.60. The number of nitrogens with one attached hydrogen (secondary N) is 1. The molecule has 0 saturated heterocycles. The highest BCUT2D eigenvalue weighted by Crippen LogP contribution is 2.43. The number of ether oxygens (including phenoxy) is 1. The van der Waals surface area contributed by atoms with E-state index in [2.05, 4.69) is 4.72 Å². The molecule has 1 aliphatic rings. The molecule has 0 aliphatic heterocycles. The van der Waals surface area contributed by atoms with Crippen molar-refractivity contribution in [2.75, 3.05) is 7.11 Å². The Morgan fingerprint density at radius 1 is 1.32 bits per heavy atom. The first-order chi connectivity index (χ1) is 10.4. The lowest BCUT2D eigenvalue weighted by Crippen LogP contribution is -2.26. The van der Waals surface area contributed by atoms with Crippen molar-refractivity contribution in [3.05, 3.63) is 46.8 Å². The largest absolute Gasteiger partial charge is 0.494 e. The van der Waals surface area contributed by atoms with Gasteiger partial charge < -0.3 is 4.74 Å². The second-order valence-electron chi connectivity index (χ2n) is 4.99. The minimum absolute atomic E-state index is 0.0837. The molecule has 4 nitrogen and oxygen atoms in total. The van der Waals surface area contributed by atoms with Crippen molar-refractivity contribution in [2.45, 2.75) is 22.6 Å². The highest BCUT2D eigenvalue weighted by molar-refractivity contribution is 7.91. The molecule has 0 radical (unpaired) electrons. The fraction of sp³-hybridized carbons (Fsp3) is 0.286. The van der Waals surface area contributed by atoms with Gasteiger partial charge in [0.25, 0.3) is 10.0 Å². The summed E-state index contributed by atoms with van der Waals surface area (Å²) in [7, 11) is -2.34. The third kappa shape index (κ3) is 2.73. The molecule has 1 heterocycles. The lowest BCUT2D eigenvalue weighted by molar-refractivity contribution is 0.406. The van der Waals surface area contributed by atoms with Crippen molar-refractivity contribution in [2.24, 2.45) is 0 Å². The van der Waals surface area contributed by atoms with Gasteiger partial charge in [0.05, 0.1) is 7.11 Å². The summed E-state index contributed by atoms with van der Waals surface area (Å²) in [6, 6.07) is 5.06. The maximum atomic E-state index is 13.7. The summed E-state index contributed by atoms with van der Waals surface area (Å²) >= 11 is 1.04. The molecule has 0 unspecified atom stereocenters. The number of hydrogen-bond donors (Lipinski definition) is 1. The number of thiophene rings is 1. The van der Waals surface area contributed by atoms with E-state index in [1.54, 1.807) is 11.4 Å². The summed E-state index contributed by atoms with van der Waals surface area (Å²) in [5.74, 6) is -1.92. The highest BCUT2D eigenvalue weighted by Gasteiger charge is 2.43. The van der Waals surface area contributed by atoms with Crippen molar-refractivity contribution in [3.8, 4) is 5.75 Å². The Morgan fingerprint density at radius 2 is 2.09 bits per heavy atom. The maximum Gasteiger partial charge on any atom is 0.254 e. The molecule has 1 aromatic heterocycles. The minimum atomic E-state index is -3.73. The van der Waals surface area contributed by atoms with Crippen LogP contribution in [0.5, 0.6) is 5.75 Å². The Kier molecular flexibility index (Phi) is 3.92. The third-order valence-electron chi connectivity index (χ3n) is 3.54. The maximum absolute atomic E-state index is 13.7. The van der Waals surface area contributed by atoms with Gasteiger partial charge >= 0.3 is 0 Å². The van der Waals surface area contributed by atoms with E-state index in [0.717, 1.165) is 17.4 Å². The van der Waals surface area contributed by atoms with E-state index in [9.17, 15) is 17.2 Å². The summed E-state index contributed by atoms with van der Waals surface area (Å²) in [5.41, 5.74) is 0.200. The van der Waals surface area contributed by atoms with Gasteiger partial charge in [0.15, 0.2) is 15.8 Å². The Labute approximate surface area is 130 Å². The molecule has 1 N–H and O–H groups in total. The summed E-state index contributed by atoms with van der Waals surface area (Å²) < 4.78 is 59.2. The Bertz CT molecular complexity index is 804. The Balaban J connectivity index is 1.77. The van der Waals surface area contributed by atoms with Crippen molar-refractivity contribution in [1.82, 2.24) is 4.72 Å².